The molecule has 0 radical (unpaired) electrons. The molecule has 1 amide bonds. The van der Waals surface area contributed by atoms with E-state index in [1.807, 2.05) is 36.5 Å². The van der Waals surface area contributed by atoms with Crippen LogP contribution in [0.1, 0.15) is 12.8 Å². The lowest BCUT2D eigenvalue weighted by molar-refractivity contribution is -0.147. The normalized spacial score (nSPS) is 18.3. The van der Waals surface area contributed by atoms with Gasteiger partial charge in [0, 0.05) is 37.8 Å². The highest BCUT2D eigenvalue weighted by atomic mass is 16.5. The summed E-state index contributed by atoms with van der Waals surface area (Å²) in [5.41, 5.74) is 1.12. The van der Waals surface area contributed by atoms with E-state index in [1.165, 1.54) is 0 Å². The van der Waals surface area contributed by atoms with Crippen LogP contribution >= 0.6 is 0 Å². The van der Waals surface area contributed by atoms with Crippen molar-refractivity contribution < 1.29 is 19.4 Å². The van der Waals surface area contributed by atoms with Gasteiger partial charge in [0.1, 0.15) is 0 Å². The van der Waals surface area contributed by atoms with E-state index in [0.29, 0.717) is 32.7 Å². The third-order valence-corrected chi connectivity index (χ3v) is 4.14. The fourth-order valence-electron chi connectivity index (χ4n) is 2.97. The molecule has 1 aliphatic rings. The SMILES string of the molecule is O=C(O)C[C@@H]1CN(C(=O)CCn2ccc3ccccc32)CCO1. The molecule has 23 heavy (non-hydrogen) atoms. The molecule has 1 saturated heterocycles. The predicted octanol–water partition coefficient (Wildman–Crippen LogP) is 1.73. The molecule has 0 spiro atoms. The van der Waals surface area contributed by atoms with E-state index in [4.69, 9.17) is 9.84 Å². The van der Waals surface area contributed by atoms with Crippen molar-refractivity contribution in [2.75, 3.05) is 19.7 Å². The molecule has 1 N–H and O–H groups in total. The van der Waals surface area contributed by atoms with Crippen LogP contribution in [0.25, 0.3) is 10.9 Å². The van der Waals surface area contributed by atoms with Gasteiger partial charge in [-0.2, -0.15) is 0 Å². The van der Waals surface area contributed by atoms with Crippen molar-refractivity contribution in [3.63, 3.8) is 0 Å². The zero-order valence-corrected chi connectivity index (χ0v) is 12.9. The quantitative estimate of drug-likeness (QED) is 0.912. The third-order valence-electron chi connectivity index (χ3n) is 4.14. The highest BCUT2D eigenvalue weighted by Crippen LogP contribution is 2.16. The smallest absolute Gasteiger partial charge is 0.306 e. The summed E-state index contributed by atoms with van der Waals surface area (Å²) in [5.74, 6) is -0.857. The van der Waals surface area contributed by atoms with Crippen molar-refractivity contribution in [2.45, 2.75) is 25.5 Å². The van der Waals surface area contributed by atoms with E-state index in [-0.39, 0.29) is 12.3 Å². The Bertz CT molecular complexity index is 709. The second kappa shape index (κ2) is 6.83. The summed E-state index contributed by atoms with van der Waals surface area (Å²) < 4.78 is 7.47. The highest BCUT2D eigenvalue weighted by Gasteiger charge is 2.25. The predicted molar refractivity (Wildman–Crippen MR) is 85.1 cm³/mol. The fourth-order valence-corrected chi connectivity index (χ4v) is 2.97. The number of carboxylic acids is 1. The van der Waals surface area contributed by atoms with Crippen LogP contribution in [0, 0.1) is 0 Å². The molecule has 0 saturated carbocycles. The van der Waals surface area contributed by atoms with Gasteiger partial charge in [-0.25, -0.2) is 0 Å². The zero-order valence-electron chi connectivity index (χ0n) is 12.9. The molecule has 1 aromatic carbocycles. The number of ether oxygens (including phenoxy) is 1. The highest BCUT2D eigenvalue weighted by molar-refractivity contribution is 5.80. The summed E-state index contributed by atoms with van der Waals surface area (Å²) in [6.45, 7) is 1.91. The molecule has 2 aromatic rings. The number of aromatic nitrogens is 1. The number of para-hydroxylation sites is 1. The average Bonchev–Trinajstić information content (AvgIpc) is 2.95. The average molecular weight is 316 g/mol. The molecule has 1 aliphatic heterocycles. The molecule has 1 aromatic heterocycles. The summed E-state index contributed by atoms with van der Waals surface area (Å²) in [7, 11) is 0. The minimum atomic E-state index is -0.900. The molecule has 6 nitrogen and oxygen atoms in total. The van der Waals surface area contributed by atoms with Crippen LogP contribution < -0.4 is 0 Å². The number of morpholine rings is 1. The number of fused-ring (bicyclic) bond motifs is 1. The van der Waals surface area contributed by atoms with Crippen LogP contribution in [-0.4, -0.2) is 52.3 Å². The van der Waals surface area contributed by atoms with Gasteiger partial charge in [-0.15, -0.1) is 0 Å². The zero-order chi connectivity index (χ0) is 16.2. The Balaban J connectivity index is 1.57. The first-order chi connectivity index (χ1) is 11.1. The van der Waals surface area contributed by atoms with E-state index in [0.717, 1.165) is 10.9 Å². The van der Waals surface area contributed by atoms with Gasteiger partial charge in [-0.05, 0) is 17.5 Å². The molecule has 6 heteroatoms. The van der Waals surface area contributed by atoms with E-state index >= 15 is 0 Å². The van der Waals surface area contributed by atoms with E-state index in [1.54, 1.807) is 4.90 Å². The molecule has 1 fully saturated rings. The van der Waals surface area contributed by atoms with E-state index in [2.05, 4.69) is 4.57 Å². The van der Waals surface area contributed by atoms with Gasteiger partial charge < -0.3 is 19.3 Å². The number of carboxylic acid groups (broad SMARTS) is 1. The lowest BCUT2D eigenvalue weighted by Gasteiger charge is -2.32. The number of carbonyl (C=O) groups is 2. The first kappa shape index (κ1) is 15.6. The Morgan fingerprint density at radius 1 is 1.26 bits per heavy atom. The third kappa shape index (κ3) is 3.71. The van der Waals surface area contributed by atoms with Gasteiger partial charge in [0.25, 0.3) is 0 Å². The number of hydrogen-bond donors (Lipinski definition) is 1. The Hall–Kier alpha value is -2.34. The van der Waals surface area contributed by atoms with Gasteiger partial charge in [0.2, 0.25) is 5.91 Å². The molecule has 0 bridgehead atoms. The number of amides is 1. The van der Waals surface area contributed by atoms with Gasteiger partial charge in [-0.1, -0.05) is 18.2 Å². The minimum absolute atomic E-state index is 0.0430. The minimum Gasteiger partial charge on any atom is -0.481 e. The van der Waals surface area contributed by atoms with Gasteiger partial charge in [0.15, 0.2) is 0 Å². The summed E-state index contributed by atoms with van der Waals surface area (Å²) >= 11 is 0. The number of hydrogen-bond acceptors (Lipinski definition) is 3. The van der Waals surface area contributed by atoms with Gasteiger partial charge >= 0.3 is 5.97 Å². The second-order valence-electron chi connectivity index (χ2n) is 5.75. The Morgan fingerprint density at radius 3 is 2.91 bits per heavy atom. The molecule has 1 atom stereocenters. The van der Waals surface area contributed by atoms with Crippen molar-refractivity contribution in [1.29, 1.82) is 0 Å². The number of rotatable bonds is 5. The second-order valence-corrected chi connectivity index (χ2v) is 5.75. The molecule has 122 valence electrons. The number of nitrogens with zero attached hydrogens (tertiary/aromatic N) is 2. The largest absolute Gasteiger partial charge is 0.481 e. The van der Waals surface area contributed by atoms with Crippen molar-refractivity contribution in [3.05, 3.63) is 36.5 Å². The van der Waals surface area contributed by atoms with Crippen LogP contribution in [0.5, 0.6) is 0 Å². The summed E-state index contributed by atoms with van der Waals surface area (Å²) in [4.78, 5) is 24.8. The summed E-state index contributed by atoms with van der Waals surface area (Å²) in [5, 5.41) is 9.99. The molecular weight excluding hydrogens is 296 g/mol. The maximum Gasteiger partial charge on any atom is 0.306 e. The molecule has 0 aliphatic carbocycles. The molecule has 2 heterocycles. The van der Waals surface area contributed by atoms with Crippen molar-refractivity contribution >= 4 is 22.8 Å². The molecular formula is C17H20N2O4. The monoisotopic (exact) mass is 316 g/mol. The lowest BCUT2D eigenvalue weighted by atomic mass is 10.2. The van der Waals surface area contributed by atoms with Crippen molar-refractivity contribution in [2.24, 2.45) is 0 Å². The Morgan fingerprint density at radius 2 is 2.09 bits per heavy atom. The Kier molecular flexibility index (Phi) is 4.62. The van der Waals surface area contributed by atoms with Crippen molar-refractivity contribution in [1.82, 2.24) is 9.47 Å². The number of aliphatic carboxylic acids is 1. The molecule has 3 rings (SSSR count). The maximum absolute atomic E-state index is 12.4. The van der Waals surface area contributed by atoms with Crippen LogP contribution in [0.2, 0.25) is 0 Å². The first-order valence-electron chi connectivity index (χ1n) is 7.78. The first-order valence-corrected chi connectivity index (χ1v) is 7.78. The number of aryl methyl sites for hydroxylation is 1. The lowest BCUT2D eigenvalue weighted by Crippen LogP contribution is -2.46. The van der Waals surface area contributed by atoms with Gasteiger partial charge in [-0.3, -0.25) is 9.59 Å². The topological polar surface area (TPSA) is 71.8 Å². The van der Waals surface area contributed by atoms with Crippen LogP contribution in [0.15, 0.2) is 36.5 Å². The summed E-state index contributed by atoms with van der Waals surface area (Å²) in [6.07, 6.45) is 1.92. The van der Waals surface area contributed by atoms with Crippen LogP contribution in [0.4, 0.5) is 0 Å². The number of carbonyl (C=O) groups excluding carboxylic acids is 1. The maximum atomic E-state index is 12.4. The molecule has 0 unspecified atom stereocenters. The van der Waals surface area contributed by atoms with Crippen LogP contribution in [-0.2, 0) is 20.9 Å². The fraction of sp³-hybridized carbons (Fsp3) is 0.412. The van der Waals surface area contributed by atoms with Gasteiger partial charge in [0.05, 0.1) is 19.1 Å². The van der Waals surface area contributed by atoms with Crippen LogP contribution in [0.3, 0.4) is 0 Å². The van der Waals surface area contributed by atoms with E-state index < -0.39 is 12.1 Å². The van der Waals surface area contributed by atoms with E-state index in [9.17, 15) is 9.59 Å². The number of benzene rings is 1. The van der Waals surface area contributed by atoms with Crippen molar-refractivity contribution in [3.8, 4) is 0 Å². The Labute approximate surface area is 134 Å². The standard InChI is InChI=1S/C17H20N2O4/c20-16(19-9-10-23-14(12-19)11-17(21)22)6-8-18-7-5-13-3-1-2-4-15(13)18/h1-5,7,14H,6,8-12H2,(H,21,22)/t14-/m1/s1. The summed E-state index contributed by atoms with van der Waals surface area (Å²) in [6, 6.07) is 10.1.